The Kier molecular flexibility index (Phi) is 24.4. The fourth-order valence-electron chi connectivity index (χ4n) is 4.17. The van der Waals surface area contributed by atoms with Gasteiger partial charge >= 0.3 is 0 Å². The van der Waals surface area contributed by atoms with Crippen LogP contribution in [-0.4, -0.2) is 30.7 Å². The molecule has 0 radical (unpaired) electrons. The molecule has 0 bridgehead atoms. The molecule has 2 heteroatoms. The van der Waals surface area contributed by atoms with Gasteiger partial charge in [0.2, 0.25) is 0 Å². The normalized spacial score (nSPS) is 11.5. The van der Waals surface area contributed by atoms with Gasteiger partial charge in [0.15, 0.2) is 0 Å². The number of halogens is 1. The lowest BCUT2D eigenvalue weighted by atomic mass is 10.1. The monoisotopic (exact) mass is 482 g/mol. The van der Waals surface area contributed by atoms with E-state index in [1.165, 1.54) is 133 Å². The summed E-state index contributed by atoms with van der Waals surface area (Å²) in [6.07, 6.45) is 22.8. The molecule has 0 atom stereocenters. The van der Waals surface area contributed by atoms with Crippen LogP contribution in [-0.2, 0) is 0 Å². The maximum Gasteiger partial charge on any atom is 0.0786 e. The Bertz CT molecular complexity index is 201. The van der Waals surface area contributed by atoms with E-state index >= 15 is 0 Å². The van der Waals surface area contributed by atoms with E-state index in [2.05, 4.69) is 27.7 Å². The van der Waals surface area contributed by atoms with Gasteiger partial charge in [-0.1, -0.05) is 79.1 Å². The highest BCUT2D eigenvalue weighted by Crippen LogP contribution is 2.19. The van der Waals surface area contributed by atoms with E-state index in [1.807, 2.05) is 0 Å². The highest BCUT2D eigenvalue weighted by molar-refractivity contribution is 14.0. The molecule has 160 valence electrons. The second-order valence-electron chi connectivity index (χ2n) is 8.48. The molecule has 0 aromatic heterocycles. The van der Waals surface area contributed by atoms with Crippen LogP contribution in [0.2, 0.25) is 0 Å². The third-order valence-electron chi connectivity index (χ3n) is 5.94. The fourth-order valence-corrected chi connectivity index (χ4v) is 4.17. The standard InChI is InChI=1S/C24H52N.HI/c1-5-9-13-17-21-25(22-18-14-10-6-2,23-19-15-11-7-3)24-20-16-12-8-4;/h5-24H2,1-4H3;1H/q+1;. The van der Waals surface area contributed by atoms with E-state index in [-0.39, 0.29) is 24.0 Å². The van der Waals surface area contributed by atoms with Gasteiger partial charge < -0.3 is 4.48 Å². The Morgan fingerprint density at radius 3 is 0.769 bits per heavy atom. The molecule has 0 fully saturated rings. The molecule has 0 amide bonds. The second kappa shape index (κ2) is 22.0. The third kappa shape index (κ3) is 16.8. The summed E-state index contributed by atoms with van der Waals surface area (Å²) in [6, 6.07) is 0. The minimum Gasteiger partial charge on any atom is -0.324 e. The summed E-state index contributed by atoms with van der Waals surface area (Å²) in [7, 11) is 0. The van der Waals surface area contributed by atoms with Gasteiger partial charge in [0.1, 0.15) is 0 Å². The maximum absolute atomic E-state index is 2.34. The summed E-state index contributed by atoms with van der Waals surface area (Å²) in [5.74, 6) is 0. The van der Waals surface area contributed by atoms with Gasteiger partial charge in [0, 0.05) is 0 Å². The Balaban J connectivity index is 0. The molecule has 26 heavy (non-hydrogen) atoms. The van der Waals surface area contributed by atoms with Crippen LogP contribution >= 0.6 is 24.0 Å². The van der Waals surface area contributed by atoms with Crippen molar-refractivity contribution < 1.29 is 4.48 Å². The van der Waals surface area contributed by atoms with Crippen molar-refractivity contribution in [3.05, 3.63) is 0 Å². The predicted molar refractivity (Wildman–Crippen MR) is 132 cm³/mol. The van der Waals surface area contributed by atoms with E-state index in [0.717, 1.165) is 0 Å². The van der Waals surface area contributed by atoms with Gasteiger partial charge in [-0.25, -0.2) is 0 Å². The van der Waals surface area contributed by atoms with Crippen molar-refractivity contribution in [1.82, 2.24) is 0 Å². The largest absolute Gasteiger partial charge is 0.324 e. The molecule has 0 heterocycles. The van der Waals surface area contributed by atoms with Crippen molar-refractivity contribution in [1.29, 1.82) is 0 Å². The molecule has 0 saturated carbocycles. The molecule has 0 aromatic rings. The van der Waals surface area contributed by atoms with Gasteiger partial charge in [-0.3, -0.25) is 0 Å². The lowest BCUT2D eigenvalue weighted by Gasteiger charge is -2.39. The van der Waals surface area contributed by atoms with Crippen LogP contribution in [0.5, 0.6) is 0 Å². The van der Waals surface area contributed by atoms with Crippen LogP contribution in [0, 0.1) is 0 Å². The first kappa shape index (κ1) is 28.9. The summed E-state index contributed by atoms with van der Waals surface area (Å²) in [4.78, 5) is 0. The molecule has 0 spiro atoms. The molecule has 1 nitrogen and oxygen atoms in total. The van der Waals surface area contributed by atoms with Crippen LogP contribution in [0.15, 0.2) is 0 Å². The first-order valence-electron chi connectivity index (χ1n) is 12.1. The lowest BCUT2D eigenvalue weighted by Crippen LogP contribution is -2.50. The Hall–Kier alpha value is 0.690. The van der Waals surface area contributed by atoms with Crippen LogP contribution in [0.4, 0.5) is 0 Å². The van der Waals surface area contributed by atoms with E-state index in [4.69, 9.17) is 0 Å². The van der Waals surface area contributed by atoms with Crippen LogP contribution < -0.4 is 0 Å². The second-order valence-corrected chi connectivity index (χ2v) is 8.48. The molecule has 0 unspecified atom stereocenters. The Morgan fingerprint density at radius 2 is 0.577 bits per heavy atom. The number of rotatable bonds is 20. The minimum atomic E-state index is 0. The predicted octanol–water partition coefficient (Wildman–Crippen LogP) is 8.74. The van der Waals surface area contributed by atoms with Crippen molar-refractivity contribution >= 4 is 24.0 Å². The van der Waals surface area contributed by atoms with E-state index in [9.17, 15) is 0 Å². The first-order valence-corrected chi connectivity index (χ1v) is 12.1. The Morgan fingerprint density at radius 1 is 0.346 bits per heavy atom. The highest BCUT2D eigenvalue weighted by atomic mass is 127. The van der Waals surface area contributed by atoms with Crippen molar-refractivity contribution in [2.75, 3.05) is 26.2 Å². The summed E-state index contributed by atoms with van der Waals surface area (Å²) < 4.78 is 1.46. The zero-order valence-corrected chi connectivity index (χ0v) is 21.3. The van der Waals surface area contributed by atoms with Crippen LogP contribution in [0.25, 0.3) is 0 Å². The number of unbranched alkanes of at least 4 members (excludes halogenated alkanes) is 12. The van der Waals surface area contributed by atoms with Gasteiger partial charge in [0.05, 0.1) is 26.2 Å². The van der Waals surface area contributed by atoms with Crippen LogP contribution in [0.1, 0.15) is 130 Å². The molecule has 0 rings (SSSR count). The number of quaternary nitrogens is 1. The molecular weight excluding hydrogens is 429 g/mol. The summed E-state index contributed by atoms with van der Waals surface area (Å²) in [5.41, 5.74) is 0. The van der Waals surface area contributed by atoms with Crippen molar-refractivity contribution in [3.8, 4) is 0 Å². The average Bonchev–Trinajstić information content (AvgIpc) is 2.63. The first-order chi connectivity index (χ1) is 12.2. The number of hydrogen-bond acceptors (Lipinski definition) is 0. The third-order valence-corrected chi connectivity index (χ3v) is 5.94. The zero-order valence-electron chi connectivity index (χ0n) is 19.0. The van der Waals surface area contributed by atoms with E-state index < -0.39 is 0 Å². The molecule has 0 aromatic carbocycles. The zero-order chi connectivity index (χ0) is 18.6. The Labute approximate surface area is 184 Å². The van der Waals surface area contributed by atoms with Crippen molar-refractivity contribution in [2.45, 2.75) is 130 Å². The highest BCUT2D eigenvalue weighted by Gasteiger charge is 2.25. The smallest absolute Gasteiger partial charge is 0.0786 e. The summed E-state index contributed by atoms with van der Waals surface area (Å²) >= 11 is 0. The molecule has 0 aliphatic rings. The molecular formula is C24H53IN+. The van der Waals surface area contributed by atoms with Gasteiger partial charge in [0.25, 0.3) is 0 Å². The van der Waals surface area contributed by atoms with E-state index in [0.29, 0.717) is 0 Å². The van der Waals surface area contributed by atoms with Crippen molar-refractivity contribution in [3.63, 3.8) is 0 Å². The van der Waals surface area contributed by atoms with Crippen molar-refractivity contribution in [2.24, 2.45) is 0 Å². The lowest BCUT2D eigenvalue weighted by molar-refractivity contribution is -0.929. The molecule has 0 aliphatic carbocycles. The quantitative estimate of drug-likeness (QED) is 0.0924. The number of hydrogen-bond donors (Lipinski definition) is 0. The number of nitrogens with zero attached hydrogens (tertiary/aromatic N) is 1. The fraction of sp³-hybridized carbons (Fsp3) is 1.00. The molecule has 0 saturated heterocycles. The molecule has 0 aliphatic heterocycles. The summed E-state index contributed by atoms with van der Waals surface area (Å²) in [5, 5.41) is 0. The van der Waals surface area contributed by atoms with E-state index in [1.54, 1.807) is 0 Å². The topological polar surface area (TPSA) is 0 Å². The van der Waals surface area contributed by atoms with Crippen LogP contribution in [0.3, 0.4) is 0 Å². The average molecular weight is 483 g/mol. The van der Waals surface area contributed by atoms with Gasteiger partial charge in [-0.15, -0.1) is 24.0 Å². The minimum absolute atomic E-state index is 0. The van der Waals surface area contributed by atoms with Gasteiger partial charge in [-0.05, 0) is 51.4 Å². The maximum atomic E-state index is 2.34. The molecule has 0 N–H and O–H groups in total. The SMILES string of the molecule is CCCCCC[N+](CCCCCC)(CCCCCC)CCCCCC.I. The van der Waals surface area contributed by atoms with Gasteiger partial charge in [-0.2, -0.15) is 0 Å². The summed E-state index contributed by atoms with van der Waals surface area (Å²) in [6.45, 7) is 15.2.